The van der Waals surface area contributed by atoms with E-state index in [-0.39, 0.29) is 12.3 Å². The Hall–Kier alpha value is -4.24. The molecular formula is C23H19N3O6. The van der Waals surface area contributed by atoms with E-state index in [1.165, 1.54) is 31.0 Å². The van der Waals surface area contributed by atoms with E-state index in [0.717, 1.165) is 0 Å². The number of carbonyl (C=O) groups excluding carboxylic acids is 2. The summed E-state index contributed by atoms with van der Waals surface area (Å²) < 4.78 is 21.9. The van der Waals surface area contributed by atoms with Crippen LogP contribution in [0.15, 0.2) is 94.7 Å². The topological polar surface area (TPSA) is 117 Å². The summed E-state index contributed by atoms with van der Waals surface area (Å²) >= 11 is 0. The van der Waals surface area contributed by atoms with Crippen LogP contribution >= 0.6 is 0 Å². The van der Waals surface area contributed by atoms with Gasteiger partial charge in [0.15, 0.2) is 6.10 Å². The zero-order valence-corrected chi connectivity index (χ0v) is 16.8. The minimum Gasteiger partial charge on any atom is -0.467 e. The predicted molar refractivity (Wildman–Crippen MR) is 110 cm³/mol. The maximum Gasteiger partial charge on any atom is 0.376 e. The van der Waals surface area contributed by atoms with Gasteiger partial charge in [0.25, 0.3) is 5.91 Å². The van der Waals surface area contributed by atoms with Crippen molar-refractivity contribution in [2.24, 2.45) is 0 Å². The van der Waals surface area contributed by atoms with Gasteiger partial charge in [-0.05, 0) is 54.1 Å². The highest BCUT2D eigenvalue weighted by molar-refractivity contribution is 5.86. The van der Waals surface area contributed by atoms with Gasteiger partial charge in [0.2, 0.25) is 12.1 Å². The van der Waals surface area contributed by atoms with Crippen LogP contribution in [-0.2, 0) is 20.8 Å². The number of aromatic nitrogens is 2. The Kier molecular flexibility index (Phi) is 6.69. The number of rotatable bonds is 9. The Morgan fingerprint density at radius 1 is 0.875 bits per heavy atom. The Balaban J connectivity index is 1.58. The van der Waals surface area contributed by atoms with Gasteiger partial charge in [0, 0.05) is 30.4 Å². The lowest BCUT2D eigenvalue weighted by atomic mass is 10.1. The van der Waals surface area contributed by atoms with Gasteiger partial charge in [0.05, 0.1) is 19.1 Å². The normalized spacial score (nSPS) is 12.6. The highest BCUT2D eigenvalue weighted by Crippen LogP contribution is 2.29. The quantitative estimate of drug-likeness (QED) is 0.314. The molecule has 1 N–H and O–H groups in total. The van der Waals surface area contributed by atoms with E-state index in [9.17, 15) is 9.59 Å². The third-order valence-electron chi connectivity index (χ3n) is 4.44. The molecule has 4 aromatic heterocycles. The van der Waals surface area contributed by atoms with E-state index < -0.39 is 24.3 Å². The first-order valence-electron chi connectivity index (χ1n) is 9.70. The summed E-state index contributed by atoms with van der Waals surface area (Å²) in [6, 6.07) is 13.1. The SMILES string of the molecule is O=C(O[C@@H](O[C@H](C(=O)NCc1ccco1)c1ccncc1)c1ccncc1)c1ccco1. The highest BCUT2D eigenvalue weighted by atomic mass is 16.7. The van der Waals surface area contributed by atoms with Crippen LogP contribution in [0, 0.1) is 0 Å². The largest absolute Gasteiger partial charge is 0.467 e. The molecule has 2 atom stereocenters. The van der Waals surface area contributed by atoms with Crippen molar-refractivity contribution in [1.82, 2.24) is 15.3 Å². The van der Waals surface area contributed by atoms with Gasteiger partial charge in [0.1, 0.15) is 5.76 Å². The molecule has 162 valence electrons. The van der Waals surface area contributed by atoms with Crippen LogP contribution in [-0.4, -0.2) is 21.8 Å². The molecule has 0 aliphatic rings. The Labute approximate surface area is 183 Å². The van der Waals surface area contributed by atoms with Crippen molar-refractivity contribution in [3.8, 4) is 0 Å². The fraction of sp³-hybridized carbons (Fsp3) is 0.130. The summed E-state index contributed by atoms with van der Waals surface area (Å²) in [7, 11) is 0. The third-order valence-corrected chi connectivity index (χ3v) is 4.44. The first-order valence-corrected chi connectivity index (χ1v) is 9.70. The predicted octanol–water partition coefficient (Wildman–Crippen LogP) is 3.59. The number of furan rings is 2. The molecule has 32 heavy (non-hydrogen) atoms. The molecule has 0 radical (unpaired) electrons. The maximum atomic E-state index is 13.1. The van der Waals surface area contributed by atoms with Crippen LogP contribution in [0.5, 0.6) is 0 Å². The van der Waals surface area contributed by atoms with E-state index >= 15 is 0 Å². The lowest BCUT2D eigenvalue weighted by Gasteiger charge is -2.24. The minimum absolute atomic E-state index is 0.00962. The van der Waals surface area contributed by atoms with Gasteiger partial charge in [-0.15, -0.1) is 0 Å². The van der Waals surface area contributed by atoms with Crippen LogP contribution in [0.3, 0.4) is 0 Å². The first kappa shape index (κ1) is 21.0. The molecule has 4 rings (SSSR count). The molecule has 0 saturated carbocycles. The second-order valence-corrected chi connectivity index (χ2v) is 6.59. The molecule has 0 spiro atoms. The molecule has 0 bridgehead atoms. The summed E-state index contributed by atoms with van der Waals surface area (Å²) in [5.74, 6) is -0.584. The van der Waals surface area contributed by atoms with Gasteiger partial charge < -0.3 is 23.6 Å². The first-order chi connectivity index (χ1) is 15.7. The average molecular weight is 433 g/mol. The number of pyridine rings is 2. The fourth-order valence-electron chi connectivity index (χ4n) is 2.88. The fourth-order valence-corrected chi connectivity index (χ4v) is 2.88. The maximum absolute atomic E-state index is 13.1. The number of carbonyl (C=O) groups is 2. The van der Waals surface area contributed by atoms with Gasteiger partial charge in [-0.25, -0.2) is 4.79 Å². The van der Waals surface area contributed by atoms with Crippen molar-refractivity contribution in [3.05, 3.63) is 108 Å². The molecule has 0 unspecified atom stereocenters. The van der Waals surface area contributed by atoms with Crippen LogP contribution in [0.2, 0.25) is 0 Å². The monoisotopic (exact) mass is 433 g/mol. The summed E-state index contributed by atoms with van der Waals surface area (Å²) in [6.07, 6.45) is 6.73. The molecule has 9 nitrogen and oxygen atoms in total. The Morgan fingerprint density at radius 3 is 2.16 bits per heavy atom. The van der Waals surface area contributed by atoms with Crippen molar-refractivity contribution in [2.45, 2.75) is 18.9 Å². The second-order valence-electron chi connectivity index (χ2n) is 6.59. The number of ether oxygens (including phenoxy) is 2. The summed E-state index contributed by atoms with van der Waals surface area (Å²) in [5, 5.41) is 2.77. The van der Waals surface area contributed by atoms with Crippen molar-refractivity contribution < 1.29 is 27.9 Å². The van der Waals surface area contributed by atoms with Crippen molar-refractivity contribution >= 4 is 11.9 Å². The van der Waals surface area contributed by atoms with Gasteiger partial charge in [-0.1, -0.05) is 0 Å². The molecule has 0 saturated heterocycles. The molecule has 0 aliphatic heterocycles. The molecule has 9 heteroatoms. The molecule has 1 amide bonds. The van der Waals surface area contributed by atoms with E-state index in [4.69, 9.17) is 18.3 Å². The van der Waals surface area contributed by atoms with Crippen LogP contribution < -0.4 is 5.32 Å². The van der Waals surface area contributed by atoms with Gasteiger partial charge in [-0.3, -0.25) is 14.8 Å². The second kappa shape index (κ2) is 10.2. The van der Waals surface area contributed by atoms with Crippen LogP contribution in [0.1, 0.15) is 39.8 Å². The molecule has 4 heterocycles. The van der Waals surface area contributed by atoms with Crippen LogP contribution in [0.25, 0.3) is 0 Å². The minimum atomic E-state index is -1.21. The van der Waals surface area contributed by atoms with Crippen molar-refractivity contribution in [2.75, 3.05) is 0 Å². The van der Waals surface area contributed by atoms with Gasteiger partial charge in [-0.2, -0.15) is 0 Å². The zero-order valence-electron chi connectivity index (χ0n) is 16.8. The third kappa shape index (κ3) is 5.27. The average Bonchev–Trinajstić information content (AvgIpc) is 3.56. The lowest BCUT2D eigenvalue weighted by molar-refractivity contribution is -0.167. The number of amides is 1. The number of hydrogen-bond acceptors (Lipinski definition) is 8. The van der Waals surface area contributed by atoms with E-state index in [2.05, 4.69) is 15.3 Å². The molecule has 0 aromatic carbocycles. The van der Waals surface area contributed by atoms with E-state index in [1.807, 2.05) is 0 Å². The summed E-state index contributed by atoms with van der Waals surface area (Å²) in [5.41, 5.74) is 1.03. The molecular weight excluding hydrogens is 414 g/mol. The number of nitrogens with zero attached hydrogens (tertiary/aromatic N) is 2. The van der Waals surface area contributed by atoms with Gasteiger partial charge >= 0.3 is 5.97 Å². The van der Waals surface area contributed by atoms with E-state index in [0.29, 0.717) is 16.9 Å². The number of hydrogen-bond donors (Lipinski definition) is 1. The molecule has 0 aliphatic carbocycles. The van der Waals surface area contributed by atoms with Crippen molar-refractivity contribution in [3.63, 3.8) is 0 Å². The Morgan fingerprint density at radius 2 is 1.53 bits per heavy atom. The van der Waals surface area contributed by atoms with Crippen LogP contribution in [0.4, 0.5) is 0 Å². The summed E-state index contributed by atoms with van der Waals surface area (Å²) in [6.45, 7) is 0.170. The zero-order chi connectivity index (χ0) is 22.2. The number of esters is 1. The smallest absolute Gasteiger partial charge is 0.376 e. The number of nitrogens with one attached hydrogen (secondary N) is 1. The highest BCUT2D eigenvalue weighted by Gasteiger charge is 2.29. The standard InChI is InChI=1S/C23H19N3O6/c27-21(26-15-18-3-1-13-29-18)20(16-5-9-24-10-6-16)31-23(17-7-11-25-12-8-17)32-22(28)19-4-2-14-30-19/h1-14,20,23H,15H2,(H,26,27)/t20-,23+/m0/s1. The molecule has 0 fully saturated rings. The molecule has 4 aromatic rings. The Bertz CT molecular complexity index is 1120. The summed E-state index contributed by atoms with van der Waals surface area (Å²) in [4.78, 5) is 33.5. The van der Waals surface area contributed by atoms with E-state index in [1.54, 1.807) is 54.9 Å². The van der Waals surface area contributed by atoms with Crippen molar-refractivity contribution in [1.29, 1.82) is 0 Å². The lowest BCUT2D eigenvalue weighted by Crippen LogP contribution is -2.32.